The van der Waals surface area contributed by atoms with Crippen molar-refractivity contribution < 1.29 is 9.53 Å². The first-order chi connectivity index (χ1) is 13.6. The fourth-order valence-electron chi connectivity index (χ4n) is 2.98. The third-order valence-electron chi connectivity index (χ3n) is 4.70. The van der Waals surface area contributed by atoms with Gasteiger partial charge in [0.15, 0.2) is 5.13 Å². The zero-order valence-electron chi connectivity index (χ0n) is 16.3. The zero-order chi connectivity index (χ0) is 20.1. The lowest BCUT2D eigenvalue weighted by molar-refractivity contribution is 0.0983. The minimum atomic E-state index is -0.0109. The summed E-state index contributed by atoms with van der Waals surface area (Å²) in [6.07, 6.45) is 0. The number of nitrogens with zero attached hydrogens (tertiary/aromatic N) is 3. The number of thiazole rings is 1. The van der Waals surface area contributed by atoms with Gasteiger partial charge in [0.1, 0.15) is 5.75 Å². The summed E-state index contributed by atoms with van der Waals surface area (Å²) in [5.41, 5.74) is 1.59. The Morgan fingerprint density at radius 1 is 1.14 bits per heavy atom. The van der Waals surface area contributed by atoms with Crippen LogP contribution in [0.25, 0.3) is 10.2 Å². The lowest BCUT2D eigenvalue weighted by Crippen LogP contribution is -2.39. The van der Waals surface area contributed by atoms with Crippen molar-refractivity contribution in [3.8, 4) is 5.75 Å². The third kappa shape index (κ3) is 4.64. The smallest absolute Gasteiger partial charge is 0.261 e. The monoisotopic (exact) mass is 509 g/mol. The van der Waals surface area contributed by atoms with E-state index < -0.39 is 0 Å². The van der Waals surface area contributed by atoms with Gasteiger partial charge in [0.05, 0.1) is 22.9 Å². The lowest BCUT2D eigenvalue weighted by atomic mass is 10.2. The maximum Gasteiger partial charge on any atom is 0.261 e. The fraction of sp³-hybridized carbons (Fsp3) is 0.333. The number of carbonyl (C=O) groups is 1. The lowest BCUT2D eigenvalue weighted by Gasteiger charge is -2.25. The van der Waals surface area contributed by atoms with Gasteiger partial charge < -0.3 is 9.64 Å². The molecule has 0 bridgehead atoms. The van der Waals surface area contributed by atoms with Crippen molar-refractivity contribution in [2.45, 2.75) is 13.8 Å². The van der Waals surface area contributed by atoms with E-state index in [2.05, 4.69) is 41.3 Å². The topological polar surface area (TPSA) is 45.7 Å². The van der Waals surface area contributed by atoms with Gasteiger partial charge in [-0.05, 0) is 66.0 Å². The third-order valence-corrected chi connectivity index (χ3v) is 6.68. The van der Waals surface area contributed by atoms with E-state index in [1.165, 1.54) is 11.3 Å². The molecule has 28 heavy (non-hydrogen) atoms. The Balaban J connectivity index is 1.97. The molecule has 0 aliphatic carbocycles. The second-order valence-electron chi connectivity index (χ2n) is 6.29. The predicted octanol–water partition coefficient (Wildman–Crippen LogP) is 4.90. The molecule has 0 saturated heterocycles. The summed E-state index contributed by atoms with van der Waals surface area (Å²) in [5, 5.41) is 0.722. The van der Waals surface area contributed by atoms with Gasteiger partial charge in [0.2, 0.25) is 0 Å². The molecule has 1 heterocycles. The average Bonchev–Trinajstić information content (AvgIpc) is 3.14. The summed E-state index contributed by atoms with van der Waals surface area (Å²) >= 11 is 3.74. The van der Waals surface area contributed by atoms with Crippen molar-refractivity contribution in [2.24, 2.45) is 0 Å². The molecule has 0 aliphatic heterocycles. The quantitative estimate of drug-likeness (QED) is 0.406. The number of amides is 1. The van der Waals surface area contributed by atoms with E-state index in [-0.39, 0.29) is 5.91 Å². The second kappa shape index (κ2) is 9.67. The molecule has 0 saturated carbocycles. The molecule has 0 aliphatic rings. The Labute approximate surface area is 183 Å². The number of carbonyl (C=O) groups excluding carboxylic acids is 1. The van der Waals surface area contributed by atoms with Gasteiger partial charge in [0, 0.05) is 16.7 Å². The number of hydrogen-bond donors (Lipinski definition) is 0. The molecule has 5 nitrogen and oxygen atoms in total. The molecular formula is C21H24IN3O2S. The summed E-state index contributed by atoms with van der Waals surface area (Å²) in [5.74, 6) is 0.782. The highest BCUT2D eigenvalue weighted by molar-refractivity contribution is 14.1. The van der Waals surface area contributed by atoms with Crippen molar-refractivity contribution in [1.29, 1.82) is 0 Å². The average molecular weight is 509 g/mol. The van der Waals surface area contributed by atoms with E-state index in [0.717, 1.165) is 44.3 Å². The van der Waals surface area contributed by atoms with Crippen LogP contribution in [0.4, 0.5) is 5.13 Å². The maximum absolute atomic E-state index is 13.4. The fourth-order valence-corrected chi connectivity index (χ4v) is 4.62. The molecule has 0 N–H and O–H groups in total. The minimum absolute atomic E-state index is 0.0109. The van der Waals surface area contributed by atoms with Crippen molar-refractivity contribution in [3.63, 3.8) is 0 Å². The van der Waals surface area contributed by atoms with E-state index in [9.17, 15) is 4.79 Å². The van der Waals surface area contributed by atoms with Gasteiger partial charge in [-0.2, -0.15) is 0 Å². The standard InChI is InChI=1S/C21H24IN3O2S/c1-4-24(5-2)12-13-25(20(26)16-8-6-7-9-17(16)22)21-23-18-11-10-15(27-3)14-19(18)28-21/h6-11,14H,4-5,12-13H2,1-3H3. The highest BCUT2D eigenvalue weighted by Gasteiger charge is 2.23. The predicted molar refractivity (Wildman–Crippen MR) is 125 cm³/mol. The molecule has 148 valence electrons. The molecule has 1 amide bonds. The van der Waals surface area contributed by atoms with E-state index in [1.54, 1.807) is 7.11 Å². The van der Waals surface area contributed by atoms with E-state index in [4.69, 9.17) is 9.72 Å². The van der Waals surface area contributed by atoms with Gasteiger partial charge in [0.25, 0.3) is 5.91 Å². The number of halogens is 1. The van der Waals surface area contributed by atoms with Crippen LogP contribution in [0.5, 0.6) is 5.75 Å². The van der Waals surface area contributed by atoms with Crippen molar-refractivity contribution in [1.82, 2.24) is 9.88 Å². The number of ether oxygens (including phenoxy) is 1. The van der Waals surface area contributed by atoms with Crippen LogP contribution in [0.1, 0.15) is 24.2 Å². The van der Waals surface area contributed by atoms with Crippen molar-refractivity contribution in [2.75, 3.05) is 38.2 Å². The number of aromatic nitrogens is 1. The molecule has 0 spiro atoms. The summed E-state index contributed by atoms with van der Waals surface area (Å²) < 4.78 is 7.28. The molecule has 1 aromatic heterocycles. The van der Waals surface area contributed by atoms with Gasteiger partial charge in [-0.25, -0.2) is 4.98 Å². The van der Waals surface area contributed by atoms with Crippen LogP contribution in [0.2, 0.25) is 0 Å². The zero-order valence-corrected chi connectivity index (χ0v) is 19.3. The van der Waals surface area contributed by atoms with Crippen LogP contribution in [0.3, 0.4) is 0 Å². The first kappa shape index (κ1) is 21.0. The normalized spacial score (nSPS) is 11.2. The SMILES string of the molecule is CCN(CC)CCN(C(=O)c1ccccc1I)c1nc2ccc(OC)cc2s1. The number of hydrogen-bond acceptors (Lipinski definition) is 5. The van der Waals surface area contributed by atoms with Gasteiger partial charge in [-0.15, -0.1) is 0 Å². The van der Waals surface area contributed by atoms with Crippen LogP contribution in [-0.2, 0) is 0 Å². The number of rotatable bonds is 8. The summed E-state index contributed by atoms with van der Waals surface area (Å²) in [6, 6.07) is 13.5. The van der Waals surface area contributed by atoms with Gasteiger partial charge in [-0.3, -0.25) is 9.69 Å². The Bertz CT molecular complexity index is 956. The number of benzene rings is 2. The Kier molecular flexibility index (Phi) is 7.25. The number of anilines is 1. The molecule has 0 unspecified atom stereocenters. The molecule has 2 aromatic carbocycles. The summed E-state index contributed by atoms with van der Waals surface area (Å²) in [7, 11) is 1.65. The van der Waals surface area contributed by atoms with Crippen LogP contribution < -0.4 is 9.64 Å². The molecule has 3 aromatic rings. The van der Waals surface area contributed by atoms with Gasteiger partial charge in [-0.1, -0.05) is 37.3 Å². The Hall–Kier alpha value is -1.71. The molecule has 0 radical (unpaired) electrons. The van der Waals surface area contributed by atoms with E-state index in [1.807, 2.05) is 47.4 Å². The Morgan fingerprint density at radius 3 is 2.57 bits per heavy atom. The molecule has 3 rings (SSSR count). The summed E-state index contributed by atoms with van der Waals surface area (Å²) in [4.78, 5) is 22.3. The van der Waals surface area contributed by atoms with Crippen molar-refractivity contribution in [3.05, 3.63) is 51.6 Å². The number of methoxy groups -OCH3 is 1. The van der Waals surface area contributed by atoms with E-state index >= 15 is 0 Å². The number of likely N-dealkylation sites (N-methyl/N-ethyl adjacent to an activating group) is 1. The van der Waals surface area contributed by atoms with E-state index in [0.29, 0.717) is 12.1 Å². The first-order valence-corrected chi connectivity index (χ1v) is 11.2. The largest absolute Gasteiger partial charge is 0.497 e. The highest BCUT2D eigenvalue weighted by Crippen LogP contribution is 2.32. The van der Waals surface area contributed by atoms with Crippen LogP contribution in [0, 0.1) is 3.57 Å². The molecule has 7 heteroatoms. The van der Waals surface area contributed by atoms with Crippen LogP contribution in [0.15, 0.2) is 42.5 Å². The minimum Gasteiger partial charge on any atom is -0.497 e. The number of fused-ring (bicyclic) bond motifs is 1. The van der Waals surface area contributed by atoms with Crippen LogP contribution in [-0.4, -0.2) is 49.1 Å². The molecular weight excluding hydrogens is 485 g/mol. The van der Waals surface area contributed by atoms with Crippen molar-refractivity contribution >= 4 is 55.2 Å². The molecule has 0 atom stereocenters. The molecule has 0 fully saturated rings. The summed E-state index contributed by atoms with van der Waals surface area (Å²) in [6.45, 7) is 7.60. The van der Waals surface area contributed by atoms with Gasteiger partial charge >= 0.3 is 0 Å². The maximum atomic E-state index is 13.4. The Morgan fingerprint density at radius 2 is 1.89 bits per heavy atom. The van der Waals surface area contributed by atoms with Crippen LogP contribution >= 0.6 is 33.9 Å². The first-order valence-electron chi connectivity index (χ1n) is 9.30. The second-order valence-corrected chi connectivity index (χ2v) is 8.46. The highest BCUT2D eigenvalue weighted by atomic mass is 127.